The molecule has 2 rings (SSSR count). The first kappa shape index (κ1) is 58.3. The van der Waals surface area contributed by atoms with E-state index in [-0.39, 0.29) is 19.3 Å². The van der Waals surface area contributed by atoms with Gasteiger partial charge in [0.25, 0.3) is 0 Å². The number of esters is 2. The van der Waals surface area contributed by atoms with Gasteiger partial charge in [0.05, 0.1) is 30.8 Å². The zero-order chi connectivity index (χ0) is 47.9. The summed E-state index contributed by atoms with van der Waals surface area (Å²) >= 11 is 0. The fourth-order valence-electron chi connectivity index (χ4n) is 7.52. The van der Waals surface area contributed by atoms with Crippen LogP contribution in [0.2, 0.25) is 0 Å². The molecule has 1 heterocycles. The lowest BCUT2D eigenvalue weighted by Gasteiger charge is -2.36. The highest BCUT2D eigenvalue weighted by Crippen LogP contribution is 2.47. The van der Waals surface area contributed by atoms with Crippen molar-refractivity contribution in [1.82, 2.24) is 0 Å². The highest BCUT2D eigenvalue weighted by atomic mass is 31.2. The van der Waals surface area contributed by atoms with Crippen LogP contribution >= 0.6 is 7.82 Å². The van der Waals surface area contributed by atoms with E-state index in [9.17, 15) is 54.5 Å². The molecule has 0 spiro atoms. The van der Waals surface area contributed by atoms with Crippen LogP contribution in [0.3, 0.4) is 0 Å². The van der Waals surface area contributed by atoms with Gasteiger partial charge < -0.3 is 45.0 Å². The number of carbonyl (C=O) groups excluding carboxylic acids is 3. The summed E-state index contributed by atoms with van der Waals surface area (Å²) in [5.74, 6) is -4.67. The van der Waals surface area contributed by atoms with Gasteiger partial charge >= 0.3 is 19.8 Å². The van der Waals surface area contributed by atoms with Crippen molar-refractivity contribution in [2.75, 3.05) is 13.2 Å². The predicted molar refractivity (Wildman–Crippen MR) is 248 cm³/mol. The second-order valence-corrected chi connectivity index (χ2v) is 18.7. The highest BCUT2D eigenvalue weighted by Gasteiger charge is 2.47. The van der Waals surface area contributed by atoms with E-state index < -0.39 is 99.4 Å². The predicted octanol–water partition coefficient (Wildman–Crippen LogP) is 7.34. The SMILES string of the molecule is CCCCC/C=C\C/C=C\CCCCCCCCCC(=O)O[C@@H]1COC(=O)CCC/C=C\C[C@H]2/C=C\C(=O)[C@H](C=C[C@@H](O)CCCCC)[C@@H](O)[C@@H](O)[C@@H](OP(=O)(O)OC1)[C@H](O)[C@@H](O)[C@@H]2O. The molecule has 0 aromatic heterocycles. The van der Waals surface area contributed by atoms with E-state index in [2.05, 4.69) is 31.2 Å². The van der Waals surface area contributed by atoms with Crippen LogP contribution < -0.4 is 0 Å². The largest absolute Gasteiger partial charge is 0.472 e. The van der Waals surface area contributed by atoms with Gasteiger partial charge in [-0.3, -0.25) is 23.4 Å². The maximum atomic E-state index is 13.6. The van der Waals surface area contributed by atoms with E-state index in [0.29, 0.717) is 32.1 Å². The number of phosphoric acid groups is 1. The Labute approximate surface area is 387 Å². The number of fused-ring (bicyclic) bond motifs is 4. The molecular weight excluding hydrogens is 859 g/mol. The molecule has 16 heteroatoms. The number of ether oxygens (including phenoxy) is 2. The van der Waals surface area contributed by atoms with E-state index in [1.165, 1.54) is 37.5 Å². The molecule has 11 atom stereocenters. The van der Waals surface area contributed by atoms with Crippen molar-refractivity contribution in [2.45, 2.75) is 204 Å². The van der Waals surface area contributed by atoms with Crippen LogP contribution in [0, 0.1) is 11.8 Å². The second-order valence-electron chi connectivity index (χ2n) is 17.3. The van der Waals surface area contributed by atoms with Crippen LogP contribution in [-0.4, -0.2) is 115 Å². The molecule has 2 bridgehead atoms. The van der Waals surface area contributed by atoms with Crippen molar-refractivity contribution in [3.05, 3.63) is 60.8 Å². The van der Waals surface area contributed by atoms with E-state index in [1.807, 2.05) is 6.92 Å². The van der Waals surface area contributed by atoms with Gasteiger partial charge in [0, 0.05) is 18.8 Å². The number of unbranched alkanes of at least 4 members (excludes halogenated alkanes) is 12. The number of aliphatic hydroxyl groups is 6. The van der Waals surface area contributed by atoms with Crippen LogP contribution in [0.4, 0.5) is 0 Å². The van der Waals surface area contributed by atoms with Crippen LogP contribution in [0.25, 0.3) is 0 Å². The Hall–Kier alpha value is -2.82. The van der Waals surface area contributed by atoms with E-state index in [0.717, 1.165) is 76.7 Å². The first-order valence-corrected chi connectivity index (χ1v) is 25.6. The Balaban J connectivity index is 2.13. The summed E-state index contributed by atoms with van der Waals surface area (Å²) in [6.07, 6.45) is 18.6. The Morgan fingerprint density at radius 3 is 2.12 bits per heavy atom. The number of aliphatic hydroxyl groups excluding tert-OH is 6. The molecule has 0 saturated carbocycles. The maximum absolute atomic E-state index is 13.6. The van der Waals surface area contributed by atoms with Gasteiger partial charge in [-0.05, 0) is 70.3 Å². The van der Waals surface area contributed by atoms with Gasteiger partial charge in [-0.2, -0.15) is 0 Å². The number of cyclic esters (lactones) is 1. The van der Waals surface area contributed by atoms with Crippen molar-refractivity contribution in [3.63, 3.8) is 0 Å². The molecule has 0 aromatic carbocycles. The summed E-state index contributed by atoms with van der Waals surface area (Å²) in [5.41, 5.74) is 0. The molecule has 0 radical (unpaired) electrons. The highest BCUT2D eigenvalue weighted by molar-refractivity contribution is 7.47. The summed E-state index contributed by atoms with van der Waals surface area (Å²) in [6, 6.07) is 0. The first-order valence-electron chi connectivity index (χ1n) is 24.1. The molecular formula is C49H81O15P. The van der Waals surface area contributed by atoms with Crippen LogP contribution in [-0.2, 0) is 37.5 Å². The molecule has 1 aliphatic heterocycles. The van der Waals surface area contributed by atoms with Gasteiger partial charge in [0.15, 0.2) is 11.9 Å². The van der Waals surface area contributed by atoms with E-state index in [4.69, 9.17) is 18.5 Å². The minimum atomic E-state index is -5.42. The van der Waals surface area contributed by atoms with Gasteiger partial charge in [-0.1, -0.05) is 133 Å². The van der Waals surface area contributed by atoms with Crippen LogP contribution in [0.1, 0.15) is 155 Å². The summed E-state index contributed by atoms with van der Waals surface area (Å²) < 4.78 is 34.7. The molecule has 0 aromatic rings. The van der Waals surface area contributed by atoms with Crippen molar-refractivity contribution in [1.29, 1.82) is 0 Å². The molecule has 7 N–H and O–H groups in total. The average molecular weight is 941 g/mol. The molecule has 0 saturated heterocycles. The van der Waals surface area contributed by atoms with Crippen molar-refractivity contribution >= 4 is 25.5 Å². The fraction of sp³-hybridized carbons (Fsp3) is 0.735. The maximum Gasteiger partial charge on any atom is 0.472 e. The number of carbonyl (C=O) groups is 3. The molecule has 1 aliphatic carbocycles. The molecule has 0 amide bonds. The number of phosphoric ester groups is 1. The Morgan fingerprint density at radius 2 is 1.43 bits per heavy atom. The molecule has 372 valence electrons. The van der Waals surface area contributed by atoms with E-state index in [1.54, 1.807) is 12.2 Å². The molecule has 65 heavy (non-hydrogen) atoms. The third-order valence-corrected chi connectivity index (χ3v) is 12.6. The van der Waals surface area contributed by atoms with Crippen molar-refractivity contribution in [2.24, 2.45) is 11.8 Å². The van der Waals surface area contributed by atoms with Gasteiger partial charge in [0.2, 0.25) is 0 Å². The summed E-state index contributed by atoms with van der Waals surface area (Å²) in [6.45, 7) is 2.82. The third-order valence-electron chi connectivity index (χ3n) is 11.6. The molecule has 0 fully saturated rings. The summed E-state index contributed by atoms with van der Waals surface area (Å²) in [5, 5.41) is 67.1. The minimum Gasteiger partial charge on any atom is -0.462 e. The number of hydrogen-bond acceptors (Lipinski definition) is 14. The zero-order valence-electron chi connectivity index (χ0n) is 38.9. The topological polar surface area (TPSA) is 247 Å². The Bertz CT molecular complexity index is 1530. The van der Waals surface area contributed by atoms with Crippen LogP contribution in [0.5, 0.6) is 0 Å². The second kappa shape index (κ2) is 34.5. The number of hydrogen-bond donors (Lipinski definition) is 7. The number of rotatable bonds is 23. The zero-order valence-corrected chi connectivity index (χ0v) is 39.8. The molecule has 2 aliphatic rings. The summed E-state index contributed by atoms with van der Waals surface area (Å²) in [7, 11) is -5.42. The normalized spacial score (nSPS) is 30.8. The smallest absolute Gasteiger partial charge is 0.462 e. The standard InChI is InChI=1S/C49H81O15P/c1-3-5-7-8-9-10-11-12-13-14-15-16-17-18-19-20-26-30-43(53)63-39-35-61-42(52)29-25-22-21-24-27-37-31-34-41(51)40(33-32-38(50)28-23-6-4-2)45(55)47(57)49(48(58)46(56)44(37)54)64-65(59,60)62-36-39/h9-10,12-13,21,24,31-34,37-40,44-50,54-58H,3-8,11,14-20,22-23,25-30,35-36H2,1-2H3,(H,59,60)/b10-9-,13-12-,24-21-,33-32?,34-31-/t37-,38-,39+,40-,44+,45+,46-,47+,48+,49+/m0/s1. The Morgan fingerprint density at radius 1 is 0.800 bits per heavy atom. The minimum absolute atomic E-state index is 0.0174. The third kappa shape index (κ3) is 25.2. The van der Waals surface area contributed by atoms with Gasteiger partial charge in [0.1, 0.15) is 31.0 Å². The van der Waals surface area contributed by atoms with Crippen LogP contribution in [0.15, 0.2) is 60.8 Å². The number of ketones is 1. The monoisotopic (exact) mass is 941 g/mol. The Kier molecular flexibility index (Phi) is 30.9. The number of allylic oxidation sites excluding steroid dienone is 7. The molecule has 1 unspecified atom stereocenters. The van der Waals surface area contributed by atoms with Crippen molar-refractivity contribution < 1.29 is 73.0 Å². The lowest BCUT2D eigenvalue weighted by atomic mass is 9.87. The van der Waals surface area contributed by atoms with Gasteiger partial charge in [-0.15, -0.1) is 0 Å². The summed E-state index contributed by atoms with van der Waals surface area (Å²) in [4.78, 5) is 50.0. The first-order chi connectivity index (χ1) is 31.2. The quantitative estimate of drug-likeness (QED) is 0.0229. The van der Waals surface area contributed by atoms with Crippen molar-refractivity contribution in [3.8, 4) is 0 Å². The van der Waals surface area contributed by atoms with Gasteiger partial charge in [-0.25, -0.2) is 4.57 Å². The lowest BCUT2D eigenvalue weighted by Crippen LogP contribution is -2.55. The molecule has 15 nitrogen and oxygen atoms in total. The lowest BCUT2D eigenvalue weighted by molar-refractivity contribution is -0.164. The fourth-order valence-corrected chi connectivity index (χ4v) is 8.49. The van der Waals surface area contributed by atoms with E-state index >= 15 is 0 Å². The average Bonchev–Trinajstić information content (AvgIpc) is 3.28.